The van der Waals surface area contributed by atoms with Gasteiger partial charge in [-0.25, -0.2) is 8.93 Å². The topological polar surface area (TPSA) is 29.1 Å². The second-order valence-corrected chi connectivity index (χ2v) is 9.27. The largest absolute Gasteiger partial charge is 0.416 e. The van der Waals surface area contributed by atoms with Gasteiger partial charge in [0.2, 0.25) is 0 Å². The number of nitrogens with one attached hydrogen (secondary N) is 1. The Morgan fingerprint density at radius 2 is 1.52 bits per heavy atom. The Hall–Kier alpha value is -1.92. The molecule has 3 atom stereocenters. The van der Waals surface area contributed by atoms with Gasteiger partial charge in [-0.3, -0.25) is 0 Å². The molecule has 0 radical (unpaired) electrons. The minimum absolute atomic E-state index is 0.255. The molecule has 0 amide bonds. The first-order valence-electron chi connectivity index (χ1n) is 8.56. The van der Waals surface area contributed by atoms with Crippen LogP contribution in [0.1, 0.15) is 49.4 Å². The van der Waals surface area contributed by atoms with Crippen LogP contribution in [0.4, 0.5) is 13.2 Å². The molecule has 0 saturated carbocycles. The lowest BCUT2D eigenvalue weighted by atomic mass is 9.87. The van der Waals surface area contributed by atoms with Crippen LogP contribution in [0.5, 0.6) is 0 Å². The standard InChI is InChI=1S/C21H24F3NOS/c1-5-18(15-9-7-6-8-10-15)19(25-27(26)20(2,3)4)16-11-13-17(14-12-16)21(22,23)24/h5-14,18-19,25H,1H2,2-4H3/t18-,19+,27+/m0/s1. The van der Waals surface area contributed by atoms with E-state index >= 15 is 0 Å². The molecule has 0 saturated heterocycles. The van der Waals surface area contributed by atoms with E-state index in [-0.39, 0.29) is 5.92 Å². The third kappa shape index (κ3) is 5.53. The molecular formula is C21H24F3NOS. The van der Waals surface area contributed by atoms with Gasteiger partial charge in [0.15, 0.2) is 0 Å². The van der Waals surface area contributed by atoms with Gasteiger partial charge in [-0.1, -0.05) is 48.5 Å². The van der Waals surface area contributed by atoms with Gasteiger partial charge in [0.1, 0.15) is 0 Å². The molecular weight excluding hydrogens is 371 g/mol. The van der Waals surface area contributed by atoms with Gasteiger partial charge >= 0.3 is 6.18 Å². The lowest BCUT2D eigenvalue weighted by Crippen LogP contribution is -2.37. The lowest BCUT2D eigenvalue weighted by molar-refractivity contribution is -0.137. The van der Waals surface area contributed by atoms with E-state index in [4.69, 9.17) is 0 Å². The molecule has 0 unspecified atom stereocenters. The minimum atomic E-state index is -4.40. The highest BCUT2D eigenvalue weighted by Gasteiger charge is 2.32. The third-order valence-electron chi connectivity index (χ3n) is 4.18. The molecule has 2 nitrogen and oxygen atoms in total. The van der Waals surface area contributed by atoms with Crippen molar-refractivity contribution in [1.29, 1.82) is 0 Å². The van der Waals surface area contributed by atoms with Crippen LogP contribution in [0.25, 0.3) is 0 Å². The van der Waals surface area contributed by atoms with E-state index in [2.05, 4.69) is 11.3 Å². The zero-order chi connectivity index (χ0) is 20.2. The van der Waals surface area contributed by atoms with Crippen molar-refractivity contribution < 1.29 is 17.4 Å². The smallest absolute Gasteiger partial charge is 0.242 e. The fourth-order valence-corrected chi connectivity index (χ4v) is 3.53. The Balaban J connectivity index is 2.46. The Morgan fingerprint density at radius 3 is 1.96 bits per heavy atom. The molecule has 0 spiro atoms. The van der Waals surface area contributed by atoms with Crippen LogP contribution in [0.3, 0.4) is 0 Å². The summed E-state index contributed by atoms with van der Waals surface area (Å²) < 4.78 is 54.0. The molecule has 0 bridgehead atoms. The molecule has 2 aromatic rings. The van der Waals surface area contributed by atoms with Gasteiger partial charge in [0.25, 0.3) is 0 Å². The van der Waals surface area contributed by atoms with E-state index in [0.717, 1.165) is 17.7 Å². The van der Waals surface area contributed by atoms with Crippen LogP contribution >= 0.6 is 0 Å². The first-order valence-corrected chi connectivity index (χ1v) is 9.71. The van der Waals surface area contributed by atoms with Crippen LogP contribution in [-0.4, -0.2) is 8.96 Å². The number of benzene rings is 2. The highest BCUT2D eigenvalue weighted by atomic mass is 32.2. The minimum Gasteiger partial charge on any atom is -0.242 e. The average molecular weight is 395 g/mol. The molecule has 0 aliphatic rings. The van der Waals surface area contributed by atoms with Gasteiger partial charge in [-0.15, -0.1) is 6.58 Å². The van der Waals surface area contributed by atoms with E-state index in [0.29, 0.717) is 5.56 Å². The SMILES string of the molecule is C=C[C@@H](c1ccccc1)[C@H](N[S@](=O)C(C)(C)C)c1ccc(C(F)(F)F)cc1. The second-order valence-electron chi connectivity index (χ2n) is 7.27. The maximum Gasteiger partial charge on any atom is 0.416 e. The summed E-state index contributed by atoms with van der Waals surface area (Å²) in [6.45, 7) is 9.41. The van der Waals surface area contributed by atoms with Crippen molar-refractivity contribution in [3.05, 3.63) is 83.9 Å². The molecule has 0 aliphatic heterocycles. The summed E-state index contributed by atoms with van der Waals surface area (Å²) >= 11 is 0. The molecule has 27 heavy (non-hydrogen) atoms. The van der Waals surface area contributed by atoms with E-state index in [1.54, 1.807) is 6.08 Å². The summed E-state index contributed by atoms with van der Waals surface area (Å²) in [7, 11) is -1.41. The molecule has 1 N–H and O–H groups in total. The number of hydrogen-bond acceptors (Lipinski definition) is 1. The van der Waals surface area contributed by atoms with Gasteiger partial charge in [-0.05, 0) is 44.0 Å². The van der Waals surface area contributed by atoms with Crippen molar-refractivity contribution in [3.63, 3.8) is 0 Å². The Bertz CT molecular complexity index is 780. The Morgan fingerprint density at radius 1 is 0.963 bits per heavy atom. The van der Waals surface area contributed by atoms with E-state index in [1.807, 2.05) is 51.1 Å². The first kappa shape index (κ1) is 21.4. The van der Waals surface area contributed by atoms with Crippen molar-refractivity contribution >= 4 is 11.0 Å². The van der Waals surface area contributed by atoms with Crippen LogP contribution in [-0.2, 0) is 17.2 Å². The summed E-state index contributed by atoms with van der Waals surface area (Å²) in [5, 5.41) is 0. The highest BCUT2D eigenvalue weighted by Crippen LogP contribution is 2.35. The molecule has 0 aromatic heterocycles. The second kappa shape index (κ2) is 8.40. The van der Waals surface area contributed by atoms with Crippen molar-refractivity contribution in [2.24, 2.45) is 0 Å². The Labute approximate surface area is 161 Å². The monoisotopic (exact) mass is 395 g/mol. The molecule has 6 heteroatoms. The van der Waals surface area contributed by atoms with Crippen LogP contribution in [0, 0.1) is 0 Å². The normalized spacial score (nSPS) is 15.8. The number of hydrogen-bond donors (Lipinski definition) is 1. The lowest BCUT2D eigenvalue weighted by Gasteiger charge is -2.29. The number of alkyl halides is 3. The number of rotatable bonds is 6. The molecule has 0 heterocycles. The predicted octanol–water partition coefficient (Wildman–Crippen LogP) is 5.77. The Kier molecular flexibility index (Phi) is 6.65. The zero-order valence-corrected chi connectivity index (χ0v) is 16.4. The van der Waals surface area contributed by atoms with Crippen molar-refractivity contribution in [2.45, 2.75) is 43.7 Å². The third-order valence-corrected chi connectivity index (χ3v) is 5.77. The molecule has 2 rings (SSSR count). The number of halogens is 3. The van der Waals surface area contributed by atoms with E-state index in [9.17, 15) is 17.4 Å². The molecule has 0 aliphatic carbocycles. The van der Waals surface area contributed by atoms with Crippen LogP contribution in [0.2, 0.25) is 0 Å². The van der Waals surface area contributed by atoms with E-state index < -0.39 is 33.5 Å². The maximum absolute atomic E-state index is 12.9. The van der Waals surface area contributed by atoms with Gasteiger partial charge in [-0.2, -0.15) is 13.2 Å². The summed E-state index contributed by atoms with van der Waals surface area (Å²) in [6, 6.07) is 14.0. The highest BCUT2D eigenvalue weighted by molar-refractivity contribution is 7.84. The van der Waals surface area contributed by atoms with E-state index in [1.165, 1.54) is 12.1 Å². The zero-order valence-electron chi connectivity index (χ0n) is 15.6. The average Bonchev–Trinajstić information content (AvgIpc) is 2.61. The fraction of sp³-hybridized carbons (Fsp3) is 0.333. The van der Waals surface area contributed by atoms with Crippen molar-refractivity contribution in [2.75, 3.05) is 0 Å². The maximum atomic E-state index is 12.9. The van der Waals surface area contributed by atoms with Gasteiger partial charge in [0.05, 0.1) is 27.3 Å². The summed E-state index contributed by atoms with van der Waals surface area (Å²) in [5.74, 6) is -0.255. The van der Waals surface area contributed by atoms with Crippen molar-refractivity contribution in [3.8, 4) is 0 Å². The van der Waals surface area contributed by atoms with Crippen LogP contribution in [0.15, 0.2) is 67.3 Å². The van der Waals surface area contributed by atoms with Crippen molar-refractivity contribution in [1.82, 2.24) is 4.72 Å². The predicted molar refractivity (Wildman–Crippen MR) is 105 cm³/mol. The molecule has 146 valence electrons. The summed E-state index contributed by atoms with van der Waals surface area (Å²) in [4.78, 5) is 0. The van der Waals surface area contributed by atoms with Gasteiger partial charge < -0.3 is 0 Å². The fourth-order valence-electron chi connectivity index (χ4n) is 2.66. The summed E-state index contributed by atoms with van der Waals surface area (Å²) in [6.07, 6.45) is -2.67. The summed E-state index contributed by atoms with van der Waals surface area (Å²) in [5.41, 5.74) is 0.849. The van der Waals surface area contributed by atoms with Gasteiger partial charge in [0, 0.05) is 5.92 Å². The first-order chi connectivity index (χ1) is 12.5. The molecule has 2 aromatic carbocycles. The molecule has 0 fully saturated rings. The quantitative estimate of drug-likeness (QED) is 0.618. The van der Waals surface area contributed by atoms with Crippen LogP contribution < -0.4 is 4.72 Å².